The van der Waals surface area contributed by atoms with Crippen LogP contribution in [0.25, 0.3) is 0 Å². The van der Waals surface area contributed by atoms with E-state index in [0.717, 1.165) is 10.9 Å². The van der Waals surface area contributed by atoms with Crippen molar-refractivity contribution < 1.29 is 42.0 Å². The summed E-state index contributed by atoms with van der Waals surface area (Å²) in [5.74, 6) is 0.770. The molecule has 0 radical (unpaired) electrons. The van der Waals surface area contributed by atoms with E-state index in [4.69, 9.17) is 18.9 Å². The van der Waals surface area contributed by atoms with Gasteiger partial charge in [-0.3, -0.25) is 4.79 Å². The fourth-order valence-electron chi connectivity index (χ4n) is 4.62. The summed E-state index contributed by atoms with van der Waals surface area (Å²) in [6.07, 6.45) is -4.86. The Kier molecular flexibility index (Phi) is 6.47. The molecule has 3 atom stereocenters. The summed E-state index contributed by atoms with van der Waals surface area (Å²) in [6, 6.07) is 5.09. The smallest absolute Gasteiger partial charge is 0.410 e. The van der Waals surface area contributed by atoms with Crippen LogP contribution in [-0.4, -0.2) is 48.0 Å². The molecule has 0 saturated heterocycles. The van der Waals surface area contributed by atoms with Gasteiger partial charge in [-0.15, -0.1) is 0 Å². The summed E-state index contributed by atoms with van der Waals surface area (Å²) in [7, 11) is 2.90. The van der Waals surface area contributed by atoms with E-state index in [-0.39, 0.29) is 30.3 Å². The zero-order valence-corrected chi connectivity index (χ0v) is 20.6. The van der Waals surface area contributed by atoms with Crippen LogP contribution >= 0.6 is 0 Å². The number of amides is 1. The van der Waals surface area contributed by atoms with Crippen molar-refractivity contribution >= 4 is 17.4 Å². The number of ether oxygens (including phenoxy) is 4. The lowest BCUT2D eigenvalue weighted by Gasteiger charge is -2.34. The number of fused-ring (bicyclic) bond motifs is 2. The maximum Gasteiger partial charge on any atom is 0.410 e. The van der Waals surface area contributed by atoms with Crippen molar-refractivity contribution in [2.45, 2.75) is 37.7 Å². The predicted molar refractivity (Wildman–Crippen MR) is 129 cm³/mol. The van der Waals surface area contributed by atoms with Gasteiger partial charge in [0.2, 0.25) is 6.79 Å². The maximum absolute atomic E-state index is 14.1. The molecule has 0 aliphatic carbocycles. The van der Waals surface area contributed by atoms with Crippen LogP contribution in [0.2, 0.25) is 0 Å². The van der Waals surface area contributed by atoms with E-state index < -0.39 is 30.3 Å². The molecule has 0 spiro atoms. The molecule has 2 aliphatic heterocycles. The standard InChI is InChI=1S/C25H25F3N4O6/c1-12(33)14-7-20-21(38-11-37-20)8-17(14)31-24(34)15-10-29-32-22(25(26,27)28)9-16(30-23(15)32)13-4-5-18(35-2)19(6-13)36-3/h4-8,10,12,16,22,30,33H,9,11H2,1-3H3,(H,31,34)/t12-,16-,22-/m1/s1. The van der Waals surface area contributed by atoms with Gasteiger partial charge in [0.1, 0.15) is 11.4 Å². The molecule has 2 aliphatic rings. The number of hydrogen-bond acceptors (Lipinski definition) is 8. The molecule has 3 heterocycles. The van der Waals surface area contributed by atoms with Crippen molar-refractivity contribution in [2.24, 2.45) is 0 Å². The summed E-state index contributed by atoms with van der Waals surface area (Å²) in [4.78, 5) is 13.3. The first-order valence-corrected chi connectivity index (χ1v) is 11.7. The molecule has 5 rings (SSSR count). The summed E-state index contributed by atoms with van der Waals surface area (Å²) in [6.45, 7) is 1.50. The van der Waals surface area contributed by atoms with Gasteiger partial charge in [0.15, 0.2) is 29.0 Å². The molecule has 10 nitrogen and oxygen atoms in total. The highest BCUT2D eigenvalue weighted by molar-refractivity contribution is 6.08. The van der Waals surface area contributed by atoms with E-state index in [1.807, 2.05) is 0 Å². The van der Waals surface area contributed by atoms with Crippen molar-refractivity contribution in [1.82, 2.24) is 9.78 Å². The van der Waals surface area contributed by atoms with Crippen LogP contribution in [-0.2, 0) is 0 Å². The van der Waals surface area contributed by atoms with Gasteiger partial charge >= 0.3 is 6.18 Å². The fraction of sp³-hybridized carbons (Fsp3) is 0.360. The minimum Gasteiger partial charge on any atom is -0.493 e. The van der Waals surface area contributed by atoms with E-state index in [9.17, 15) is 23.1 Å². The van der Waals surface area contributed by atoms with Crippen LogP contribution < -0.4 is 29.6 Å². The maximum atomic E-state index is 14.1. The second-order valence-corrected chi connectivity index (χ2v) is 8.88. The van der Waals surface area contributed by atoms with Crippen LogP contribution in [0.4, 0.5) is 24.7 Å². The molecule has 3 aromatic rings. The lowest BCUT2D eigenvalue weighted by atomic mass is 9.96. The van der Waals surface area contributed by atoms with Crippen LogP contribution in [0.3, 0.4) is 0 Å². The Morgan fingerprint density at radius 2 is 1.89 bits per heavy atom. The molecule has 13 heteroatoms. The van der Waals surface area contributed by atoms with Crippen LogP contribution in [0, 0.1) is 0 Å². The molecule has 0 unspecified atom stereocenters. The Labute approximate surface area is 215 Å². The van der Waals surface area contributed by atoms with Crippen LogP contribution in [0.1, 0.15) is 53.0 Å². The third-order valence-electron chi connectivity index (χ3n) is 6.54. The van der Waals surface area contributed by atoms with E-state index in [1.165, 1.54) is 27.2 Å². The molecule has 0 fully saturated rings. The number of methoxy groups -OCH3 is 2. The lowest BCUT2D eigenvalue weighted by molar-refractivity contribution is -0.173. The van der Waals surface area contributed by atoms with Gasteiger partial charge < -0.3 is 34.7 Å². The molecule has 3 N–H and O–H groups in total. The number of hydrogen-bond donors (Lipinski definition) is 3. The Hall–Kier alpha value is -4.13. The first kappa shape index (κ1) is 25.5. The molecule has 0 bridgehead atoms. The molecule has 1 amide bonds. The Bertz CT molecular complexity index is 1370. The van der Waals surface area contributed by atoms with Crippen molar-refractivity contribution in [3.63, 3.8) is 0 Å². The molecule has 1 aromatic heterocycles. The van der Waals surface area contributed by atoms with E-state index in [1.54, 1.807) is 24.3 Å². The zero-order chi connectivity index (χ0) is 27.2. The highest BCUT2D eigenvalue weighted by Gasteiger charge is 2.47. The number of carbonyl (C=O) groups excluding carboxylic acids is 1. The highest BCUT2D eigenvalue weighted by atomic mass is 19.4. The number of aliphatic hydroxyl groups is 1. The third-order valence-corrected chi connectivity index (χ3v) is 6.54. The van der Waals surface area contributed by atoms with E-state index >= 15 is 0 Å². The Morgan fingerprint density at radius 1 is 1.18 bits per heavy atom. The number of alkyl halides is 3. The van der Waals surface area contributed by atoms with Gasteiger partial charge in [0.25, 0.3) is 5.91 Å². The van der Waals surface area contributed by atoms with Crippen LogP contribution in [0.15, 0.2) is 36.5 Å². The van der Waals surface area contributed by atoms with Crippen molar-refractivity contribution in [2.75, 3.05) is 31.6 Å². The summed E-state index contributed by atoms with van der Waals surface area (Å²) < 4.78 is 64.3. The van der Waals surface area contributed by atoms with Crippen LogP contribution in [0.5, 0.6) is 23.0 Å². The SMILES string of the molecule is COc1ccc([C@H]2C[C@H](C(F)(F)F)n3ncc(C(=O)Nc4cc5c(cc4[C@@H](C)O)OCO5)c3N2)cc1OC. The minimum atomic E-state index is -4.62. The summed E-state index contributed by atoms with van der Waals surface area (Å²) in [5, 5.41) is 19.8. The van der Waals surface area contributed by atoms with E-state index in [0.29, 0.717) is 34.1 Å². The molecule has 202 valence electrons. The lowest BCUT2D eigenvalue weighted by Crippen LogP contribution is -2.36. The van der Waals surface area contributed by atoms with Gasteiger partial charge in [-0.2, -0.15) is 18.3 Å². The van der Waals surface area contributed by atoms with Gasteiger partial charge in [0, 0.05) is 18.1 Å². The second-order valence-electron chi connectivity index (χ2n) is 8.88. The number of carbonyl (C=O) groups is 1. The average molecular weight is 534 g/mol. The zero-order valence-electron chi connectivity index (χ0n) is 20.6. The number of aromatic nitrogens is 2. The summed E-state index contributed by atoms with van der Waals surface area (Å²) >= 11 is 0. The monoisotopic (exact) mass is 534 g/mol. The molecular weight excluding hydrogens is 509 g/mol. The number of nitrogens with zero attached hydrogens (tertiary/aromatic N) is 2. The fourth-order valence-corrected chi connectivity index (χ4v) is 4.62. The number of aliphatic hydroxyl groups excluding tert-OH is 1. The number of rotatable bonds is 6. The largest absolute Gasteiger partial charge is 0.493 e. The third kappa shape index (κ3) is 4.53. The average Bonchev–Trinajstić information content (AvgIpc) is 3.53. The first-order valence-electron chi connectivity index (χ1n) is 11.7. The second kappa shape index (κ2) is 9.63. The molecule has 2 aromatic carbocycles. The topological polar surface area (TPSA) is 116 Å². The minimum absolute atomic E-state index is 0.0107. The molecule has 0 saturated carbocycles. The molecular formula is C25H25F3N4O6. The van der Waals surface area contributed by atoms with Gasteiger partial charge in [-0.05, 0) is 30.7 Å². The molecule has 38 heavy (non-hydrogen) atoms. The van der Waals surface area contributed by atoms with Crippen molar-refractivity contribution in [1.29, 1.82) is 0 Å². The normalized spacial score (nSPS) is 18.8. The number of anilines is 2. The number of nitrogens with one attached hydrogen (secondary N) is 2. The number of benzene rings is 2. The first-order chi connectivity index (χ1) is 18.1. The highest BCUT2D eigenvalue weighted by Crippen LogP contribution is 2.46. The Balaban J connectivity index is 1.50. The van der Waals surface area contributed by atoms with Gasteiger partial charge in [-0.1, -0.05) is 6.07 Å². The van der Waals surface area contributed by atoms with Gasteiger partial charge in [-0.25, -0.2) is 4.68 Å². The van der Waals surface area contributed by atoms with Gasteiger partial charge in [0.05, 0.1) is 38.2 Å². The number of halogens is 3. The quantitative estimate of drug-likeness (QED) is 0.421. The van der Waals surface area contributed by atoms with Crippen molar-refractivity contribution in [3.05, 3.63) is 53.2 Å². The predicted octanol–water partition coefficient (Wildman–Crippen LogP) is 4.59. The van der Waals surface area contributed by atoms with Crippen molar-refractivity contribution in [3.8, 4) is 23.0 Å². The van der Waals surface area contributed by atoms with E-state index in [2.05, 4.69) is 15.7 Å². The summed E-state index contributed by atoms with van der Waals surface area (Å²) in [5.41, 5.74) is 1.00. The Morgan fingerprint density at radius 3 is 2.55 bits per heavy atom.